The van der Waals surface area contributed by atoms with E-state index >= 15 is 0 Å². The zero-order valence-electron chi connectivity index (χ0n) is 18.7. The predicted octanol–water partition coefficient (Wildman–Crippen LogP) is 3.64. The van der Waals surface area contributed by atoms with Crippen LogP contribution in [0.2, 0.25) is 0 Å². The van der Waals surface area contributed by atoms with Crippen molar-refractivity contribution in [2.24, 2.45) is 5.10 Å². The molecule has 2 atom stereocenters. The highest BCUT2D eigenvalue weighted by Crippen LogP contribution is 2.25. The van der Waals surface area contributed by atoms with Gasteiger partial charge in [-0.25, -0.2) is 16.3 Å². The van der Waals surface area contributed by atoms with E-state index in [4.69, 9.17) is 9.47 Å². The number of nitrogens with one attached hydrogen (secondary N) is 3. The summed E-state index contributed by atoms with van der Waals surface area (Å²) >= 11 is 0. The molecule has 7 heteroatoms. The Hall–Kier alpha value is -3.68. The second kappa shape index (κ2) is 10.8. The van der Waals surface area contributed by atoms with Crippen molar-refractivity contribution in [1.82, 2.24) is 16.3 Å². The van der Waals surface area contributed by atoms with Gasteiger partial charge in [-0.15, -0.1) is 0 Å². The van der Waals surface area contributed by atoms with Gasteiger partial charge in [0.2, 0.25) is 0 Å². The van der Waals surface area contributed by atoms with Crippen molar-refractivity contribution in [3.63, 3.8) is 0 Å². The summed E-state index contributed by atoms with van der Waals surface area (Å²) in [5.74, 6) is 1.36. The number of amides is 1. The molecular weight excluding hydrogens is 416 g/mol. The molecule has 2 unspecified atom stereocenters. The van der Waals surface area contributed by atoms with Gasteiger partial charge in [-0.1, -0.05) is 54.1 Å². The quantitative estimate of drug-likeness (QED) is 0.365. The minimum Gasteiger partial charge on any atom is -0.497 e. The summed E-state index contributed by atoms with van der Waals surface area (Å²) in [7, 11) is 1.61. The van der Waals surface area contributed by atoms with Gasteiger partial charge in [0.05, 0.1) is 13.3 Å². The largest absolute Gasteiger partial charge is 0.497 e. The molecule has 3 aromatic carbocycles. The van der Waals surface area contributed by atoms with Crippen molar-refractivity contribution in [3.05, 3.63) is 95.1 Å². The third-order valence-corrected chi connectivity index (χ3v) is 5.51. The van der Waals surface area contributed by atoms with Crippen molar-refractivity contribution in [2.75, 3.05) is 7.11 Å². The lowest BCUT2D eigenvalue weighted by molar-refractivity contribution is -0.122. The molecule has 0 aromatic heterocycles. The maximum Gasteiger partial charge on any atom is 0.258 e. The molecule has 0 aliphatic carbocycles. The molecule has 170 valence electrons. The van der Waals surface area contributed by atoms with Crippen LogP contribution in [0.5, 0.6) is 11.5 Å². The molecule has 1 fully saturated rings. The Morgan fingerprint density at radius 2 is 1.85 bits per heavy atom. The molecule has 3 aromatic rings. The number of nitrogens with zero attached hydrogens (tertiary/aromatic N) is 1. The van der Waals surface area contributed by atoms with Gasteiger partial charge in [-0.05, 0) is 54.3 Å². The topological polar surface area (TPSA) is 84.0 Å². The fraction of sp³-hybridized carbons (Fsp3) is 0.231. The van der Waals surface area contributed by atoms with Crippen LogP contribution in [0.4, 0.5) is 0 Å². The monoisotopic (exact) mass is 444 g/mol. The highest BCUT2D eigenvalue weighted by molar-refractivity contribution is 5.85. The average molecular weight is 445 g/mol. The lowest BCUT2D eigenvalue weighted by Gasteiger charge is -2.11. The molecule has 1 saturated heterocycles. The maximum atomic E-state index is 12.5. The Kier molecular flexibility index (Phi) is 7.34. The molecule has 3 N–H and O–H groups in total. The van der Waals surface area contributed by atoms with Crippen molar-refractivity contribution < 1.29 is 14.3 Å². The highest BCUT2D eigenvalue weighted by Gasteiger charge is 2.30. The van der Waals surface area contributed by atoms with E-state index < -0.39 is 0 Å². The summed E-state index contributed by atoms with van der Waals surface area (Å²) in [6.07, 6.45) is 2.21. The van der Waals surface area contributed by atoms with Crippen molar-refractivity contribution >= 4 is 12.1 Å². The van der Waals surface area contributed by atoms with Gasteiger partial charge in [0.15, 0.2) is 0 Å². The van der Waals surface area contributed by atoms with Crippen LogP contribution in [0.25, 0.3) is 0 Å². The second-order valence-corrected chi connectivity index (χ2v) is 7.98. The van der Waals surface area contributed by atoms with Crippen LogP contribution in [-0.2, 0) is 11.4 Å². The number of hydrazine groups is 1. The Bertz CT molecular complexity index is 1100. The summed E-state index contributed by atoms with van der Waals surface area (Å²) in [6, 6.07) is 23.4. The van der Waals surface area contributed by atoms with Gasteiger partial charge in [-0.3, -0.25) is 4.79 Å². The second-order valence-electron chi connectivity index (χ2n) is 7.98. The SMILES string of the molecule is COc1cccc(/C=N\NC(=O)C2CC(c3ccc(OCc4ccc(C)cc4)cc3)NN2)c1. The number of benzene rings is 3. The number of carbonyl (C=O) groups is 1. The average Bonchev–Trinajstić information content (AvgIpc) is 3.35. The van der Waals surface area contributed by atoms with Crippen molar-refractivity contribution in [3.8, 4) is 11.5 Å². The zero-order chi connectivity index (χ0) is 23.0. The highest BCUT2D eigenvalue weighted by atomic mass is 16.5. The molecule has 0 saturated carbocycles. The van der Waals surface area contributed by atoms with E-state index in [9.17, 15) is 4.79 Å². The minimum absolute atomic E-state index is 0.0225. The van der Waals surface area contributed by atoms with Crippen molar-refractivity contribution in [1.29, 1.82) is 0 Å². The molecule has 1 heterocycles. The molecule has 1 amide bonds. The number of hydrazone groups is 1. The first-order chi connectivity index (χ1) is 16.1. The summed E-state index contributed by atoms with van der Waals surface area (Å²) in [6.45, 7) is 2.60. The molecule has 33 heavy (non-hydrogen) atoms. The van der Waals surface area contributed by atoms with Gasteiger partial charge in [0.25, 0.3) is 5.91 Å². The Balaban J connectivity index is 1.26. The van der Waals surface area contributed by atoms with E-state index in [1.807, 2.05) is 48.5 Å². The van der Waals surface area contributed by atoms with E-state index in [1.54, 1.807) is 13.3 Å². The van der Waals surface area contributed by atoms with Crippen LogP contribution in [-0.4, -0.2) is 25.3 Å². The van der Waals surface area contributed by atoms with E-state index in [0.717, 1.165) is 28.2 Å². The van der Waals surface area contributed by atoms with Crippen LogP contribution >= 0.6 is 0 Å². The third-order valence-electron chi connectivity index (χ3n) is 5.51. The smallest absolute Gasteiger partial charge is 0.258 e. The minimum atomic E-state index is -0.380. The number of rotatable bonds is 8. The zero-order valence-corrected chi connectivity index (χ0v) is 18.7. The normalized spacial score (nSPS) is 17.8. The number of hydrogen-bond acceptors (Lipinski definition) is 6. The number of aryl methyl sites for hydroxylation is 1. The van der Waals surface area contributed by atoms with Crippen LogP contribution < -0.4 is 25.8 Å². The summed E-state index contributed by atoms with van der Waals surface area (Å²) < 4.78 is 11.1. The molecule has 0 bridgehead atoms. The molecular formula is C26H28N4O3. The summed E-state index contributed by atoms with van der Waals surface area (Å²) in [4.78, 5) is 12.5. The lowest BCUT2D eigenvalue weighted by atomic mass is 10.0. The fourth-order valence-electron chi connectivity index (χ4n) is 3.56. The predicted molar refractivity (Wildman–Crippen MR) is 128 cm³/mol. The van der Waals surface area contributed by atoms with E-state index in [0.29, 0.717) is 13.0 Å². The maximum absolute atomic E-state index is 12.5. The molecule has 1 aliphatic rings. The number of carbonyl (C=O) groups excluding carboxylic acids is 1. The van der Waals surface area contributed by atoms with Gasteiger partial charge < -0.3 is 9.47 Å². The fourth-order valence-corrected chi connectivity index (χ4v) is 3.56. The molecule has 0 radical (unpaired) electrons. The van der Waals surface area contributed by atoms with E-state index in [1.165, 1.54) is 5.56 Å². The Morgan fingerprint density at radius 1 is 1.06 bits per heavy atom. The van der Waals surface area contributed by atoms with Gasteiger partial charge in [0.1, 0.15) is 24.1 Å². The first-order valence-corrected chi connectivity index (χ1v) is 10.9. The standard InChI is InChI=1S/C26H28N4O3/c1-18-6-8-19(9-7-18)17-33-22-12-10-21(11-13-22)24-15-25(29-28-24)26(31)30-27-16-20-4-3-5-23(14-20)32-2/h3-14,16,24-25,28-29H,15,17H2,1-2H3,(H,30,31)/b27-16-. The van der Waals surface area contributed by atoms with Gasteiger partial charge in [0, 0.05) is 6.04 Å². The van der Waals surface area contributed by atoms with Gasteiger partial charge >= 0.3 is 0 Å². The number of methoxy groups -OCH3 is 1. The first kappa shape index (κ1) is 22.5. The Morgan fingerprint density at radius 3 is 2.61 bits per heavy atom. The van der Waals surface area contributed by atoms with Crippen LogP contribution in [0.3, 0.4) is 0 Å². The number of ether oxygens (including phenoxy) is 2. The van der Waals surface area contributed by atoms with E-state index in [-0.39, 0.29) is 18.0 Å². The molecule has 1 aliphatic heterocycles. The third kappa shape index (κ3) is 6.19. The molecule has 7 nitrogen and oxygen atoms in total. The van der Waals surface area contributed by atoms with Gasteiger partial charge in [-0.2, -0.15) is 5.10 Å². The first-order valence-electron chi connectivity index (χ1n) is 10.9. The molecule has 4 rings (SSSR count). The van der Waals surface area contributed by atoms with Crippen LogP contribution in [0.15, 0.2) is 77.9 Å². The van der Waals surface area contributed by atoms with Crippen LogP contribution in [0, 0.1) is 6.92 Å². The molecule has 0 spiro atoms. The summed E-state index contributed by atoms with van der Waals surface area (Å²) in [5.41, 5.74) is 13.1. The van der Waals surface area contributed by atoms with E-state index in [2.05, 4.69) is 52.6 Å². The van der Waals surface area contributed by atoms with Crippen LogP contribution in [0.1, 0.15) is 34.7 Å². The Labute approximate surface area is 193 Å². The number of hydrogen-bond donors (Lipinski definition) is 3. The lowest BCUT2D eigenvalue weighted by Crippen LogP contribution is -2.41. The summed E-state index contributed by atoms with van der Waals surface area (Å²) in [5, 5.41) is 4.06. The van der Waals surface area contributed by atoms with Crippen molar-refractivity contribution in [2.45, 2.75) is 32.0 Å².